The highest BCUT2D eigenvalue weighted by Crippen LogP contribution is 2.28. The second kappa shape index (κ2) is 5.09. The third-order valence-corrected chi connectivity index (χ3v) is 5.37. The molecule has 3 N–H and O–H groups in total. The molecule has 0 amide bonds. The summed E-state index contributed by atoms with van der Waals surface area (Å²) < 4.78 is 26.6. The maximum atomic E-state index is 12.1. The third kappa shape index (κ3) is 2.98. The van der Waals surface area contributed by atoms with Crippen LogP contribution in [0.5, 0.6) is 0 Å². The SMILES string of the molecule is N#Cc1ccc(S(=O)(=O)Nc2cc(N)ccc2Cl)s1. The van der Waals surface area contributed by atoms with Gasteiger partial charge in [-0.25, -0.2) is 8.42 Å². The van der Waals surface area contributed by atoms with Crippen LogP contribution < -0.4 is 10.5 Å². The number of nitrogens with two attached hydrogens (primary N) is 1. The molecule has 1 heterocycles. The van der Waals surface area contributed by atoms with Gasteiger partial charge in [-0.05, 0) is 30.3 Å². The first-order valence-electron chi connectivity index (χ1n) is 5.00. The number of hydrogen-bond donors (Lipinski definition) is 2. The van der Waals surface area contributed by atoms with Crippen molar-refractivity contribution in [1.29, 1.82) is 5.26 Å². The van der Waals surface area contributed by atoms with Crippen molar-refractivity contribution in [1.82, 2.24) is 0 Å². The molecule has 0 bridgehead atoms. The Labute approximate surface area is 119 Å². The van der Waals surface area contributed by atoms with Gasteiger partial charge in [0.05, 0.1) is 10.7 Å². The second-order valence-corrected chi connectivity index (χ2v) is 6.98. The van der Waals surface area contributed by atoms with Gasteiger partial charge in [-0.2, -0.15) is 5.26 Å². The fourth-order valence-corrected chi connectivity index (χ4v) is 3.74. The predicted molar refractivity (Wildman–Crippen MR) is 75.7 cm³/mol. The van der Waals surface area contributed by atoms with E-state index in [-0.39, 0.29) is 14.9 Å². The van der Waals surface area contributed by atoms with Crippen LogP contribution in [0.3, 0.4) is 0 Å². The number of nitrogens with zero attached hydrogens (tertiary/aromatic N) is 1. The number of sulfonamides is 1. The number of nitrogens with one attached hydrogen (secondary N) is 1. The number of halogens is 1. The molecular weight excluding hydrogens is 306 g/mol. The average Bonchev–Trinajstić information content (AvgIpc) is 2.83. The second-order valence-electron chi connectivity index (χ2n) is 3.58. The first kappa shape index (κ1) is 13.7. The fourth-order valence-electron chi connectivity index (χ4n) is 1.34. The van der Waals surface area contributed by atoms with Crippen molar-refractivity contribution >= 4 is 44.3 Å². The van der Waals surface area contributed by atoms with Gasteiger partial charge >= 0.3 is 0 Å². The van der Waals surface area contributed by atoms with Crippen LogP contribution in [-0.4, -0.2) is 8.42 Å². The molecule has 0 saturated heterocycles. The summed E-state index contributed by atoms with van der Waals surface area (Å²) in [5.41, 5.74) is 6.17. The number of nitrogen functional groups attached to an aromatic ring is 1. The summed E-state index contributed by atoms with van der Waals surface area (Å²) in [7, 11) is -3.76. The van der Waals surface area contributed by atoms with Crippen molar-refractivity contribution in [3.63, 3.8) is 0 Å². The smallest absolute Gasteiger partial charge is 0.271 e. The lowest BCUT2D eigenvalue weighted by molar-refractivity contribution is 0.603. The Balaban J connectivity index is 2.36. The molecule has 0 radical (unpaired) electrons. The number of anilines is 2. The first-order chi connectivity index (χ1) is 8.92. The average molecular weight is 314 g/mol. The largest absolute Gasteiger partial charge is 0.399 e. The van der Waals surface area contributed by atoms with Crippen molar-refractivity contribution in [2.75, 3.05) is 10.5 Å². The van der Waals surface area contributed by atoms with Crippen LogP contribution in [0.15, 0.2) is 34.5 Å². The molecule has 0 aliphatic rings. The van der Waals surface area contributed by atoms with Gasteiger partial charge < -0.3 is 5.73 Å². The monoisotopic (exact) mass is 313 g/mol. The van der Waals surface area contributed by atoms with Gasteiger partial charge in [0.2, 0.25) is 0 Å². The van der Waals surface area contributed by atoms with Crippen LogP contribution in [0.4, 0.5) is 11.4 Å². The maximum absolute atomic E-state index is 12.1. The summed E-state index contributed by atoms with van der Waals surface area (Å²) >= 11 is 6.77. The molecule has 0 atom stereocenters. The van der Waals surface area contributed by atoms with E-state index in [4.69, 9.17) is 22.6 Å². The Hall–Kier alpha value is -1.75. The lowest BCUT2D eigenvalue weighted by Gasteiger charge is -2.08. The minimum Gasteiger partial charge on any atom is -0.399 e. The molecule has 0 aliphatic carbocycles. The molecule has 0 spiro atoms. The van der Waals surface area contributed by atoms with Gasteiger partial charge in [-0.15, -0.1) is 11.3 Å². The summed E-state index contributed by atoms with van der Waals surface area (Å²) in [5.74, 6) is 0. The molecule has 0 unspecified atom stereocenters. The third-order valence-electron chi connectivity index (χ3n) is 2.19. The van der Waals surface area contributed by atoms with E-state index in [0.29, 0.717) is 10.6 Å². The van der Waals surface area contributed by atoms with Crippen molar-refractivity contribution < 1.29 is 8.42 Å². The lowest BCUT2D eigenvalue weighted by atomic mass is 10.3. The molecule has 98 valence electrons. The molecule has 0 aliphatic heterocycles. The Kier molecular flexibility index (Phi) is 3.66. The van der Waals surface area contributed by atoms with Gasteiger partial charge in [0.15, 0.2) is 0 Å². The highest BCUT2D eigenvalue weighted by Gasteiger charge is 2.18. The van der Waals surface area contributed by atoms with Crippen LogP contribution in [-0.2, 0) is 10.0 Å². The first-order valence-corrected chi connectivity index (χ1v) is 7.68. The zero-order valence-corrected chi connectivity index (χ0v) is 11.8. The van der Waals surface area contributed by atoms with E-state index in [9.17, 15) is 8.42 Å². The highest BCUT2D eigenvalue weighted by molar-refractivity contribution is 7.94. The van der Waals surface area contributed by atoms with E-state index < -0.39 is 10.0 Å². The molecule has 0 fully saturated rings. The number of nitriles is 1. The lowest BCUT2D eigenvalue weighted by Crippen LogP contribution is -2.12. The maximum Gasteiger partial charge on any atom is 0.271 e. The van der Waals surface area contributed by atoms with Crippen molar-refractivity contribution in [2.24, 2.45) is 0 Å². The van der Waals surface area contributed by atoms with Crippen LogP contribution >= 0.6 is 22.9 Å². The molecule has 0 saturated carbocycles. The van der Waals surface area contributed by atoms with Crippen molar-refractivity contribution in [2.45, 2.75) is 4.21 Å². The van der Waals surface area contributed by atoms with E-state index in [2.05, 4.69) is 4.72 Å². The van der Waals surface area contributed by atoms with E-state index in [1.54, 1.807) is 6.07 Å². The van der Waals surface area contributed by atoms with E-state index in [0.717, 1.165) is 11.3 Å². The van der Waals surface area contributed by atoms with Crippen molar-refractivity contribution in [3.8, 4) is 6.07 Å². The zero-order valence-electron chi connectivity index (χ0n) is 9.42. The number of hydrogen-bond acceptors (Lipinski definition) is 5. The molecular formula is C11H8ClN3O2S2. The Morgan fingerprint density at radius 2 is 2.05 bits per heavy atom. The summed E-state index contributed by atoms with van der Waals surface area (Å²) in [4.78, 5) is 0.319. The predicted octanol–water partition coefficient (Wildman–Crippen LogP) is 2.66. The standard InChI is InChI=1S/C11H8ClN3O2S2/c12-9-3-1-7(14)5-10(9)15-19(16,17)11-4-2-8(6-13)18-11/h1-5,15H,14H2. The number of rotatable bonds is 3. The summed E-state index contributed by atoms with van der Waals surface area (Å²) in [6.07, 6.45) is 0. The Morgan fingerprint density at radius 3 is 2.68 bits per heavy atom. The summed E-state index contributed by atoms with van der Waals surface area (Å²) in [5, 5.41) is 8.94. The van der Waals surface area contributed by atoms with Gasteiger partial charge in [0.1, 0.15) is 15.2 Å². The molecule has 2 aromatic rings. The molecule has 2 rings (SSSR count). The minimum atomic E-state index is -3.76. The van der Waals surface area contributed by atoms with Crippen LogP contribution in [0, 0.1) is 11.3 Å². The van der Waals surface area contributed by atoms with Gasteiger partial charge in [-0.3, -0.25) is 4.72 Å². The Morgan fingerprint density at radius 1 is 1.32 bits per heavy atom. The minimum absolute atomic E-state index is 0.0440. The van der Waals surface area contributed by atoms with Gasteiger partial charge in [0, 0.05) is 5.69 Å². The molecule has 1 aromatic heterocycles. The quantitative estimate of drug-likeness (QED) is 0.851. The van der Waals surface area contributed by atoms with E-state index in [1.165, 1.54) is 24.3 Å². The number of thiophene rings is 1. The van der Waals surface area contributed by atoms with Crippen LogP contribution in [0.1, 0.15) is 4.88 Å². The van der Waals surface area contributed by atoms with Crippen LogP contribution in [0.2, 0.25) is 5.02 Å². The number of benzene rings is 1. The summed E-state index contributed by atoms with van der Waals surface area (Å²) in [6.45, 7) is 0. The van der Waals surface area contributed by atoms with Gasteiger partial charge in [-0.1, -0.05) is 11.6 Å². The Bertz CT molecular complexity index is 762. The molecule has 19 heavy (non-hydrogen) atoms. The van der Waals surface area contributed by atoms with Crippen LogP contribution in [0.25, 0.3) is 0 Å². The van der Waals surface area contributed by atoms with Gasteiger partial charge in [0.25, 0.3) is 10.0 Å². The van der Waals surface area contributed by atoms with E-state index >= 15 is 0 Å². The summed E-state index contributed by atoms with van der Waals surface area (Å²) in [6, 6.07) is 9.20. The molecule has 8 heteroatoms. The molecule has 1 aromatic carbocycles. The molecule has 5 nitrogen and oxygen atoms in total. The highest BCUT2D eigenvalue weighted by atomic mass is 35.5. The topological polar surface area (TPSA) is 96.0 Å². The normalized spacial score (nSPS) is 10.9. The zero-order chi connectivity index (χ0) is 14.0. The van der Waals surface area contributed by atoms with E-state index in [1.807, 2.05) is 6.07 Å². The fraction of sp³-hybridized carbons (Fsp3) is 0. The van der Waals surface area contributed by atoms with Crippen molar-refractivity contribution in [3.05, 3.63) is 40.2 Å².